The van der Waals surface area contributed by atoms with Gasteiger partial charge >= 0.3 is 5.97 Å². The molecule has 1 aromatic rings. The number of anilines is 1. The third-order valence-electron chi connectivity index (χ3n) is 3.56. The van der Waals surface area contributed by atoms with Crippen molar-refractivity contribution < 1.29 is 9.53 Å². The SMILES string of the molecule is CC#CCn1c(N2CCNCC2)nc(C=CC(=O)OCC)c1C#N. The number of hydrogen-bond donors (Lipinski definition) is 1. The molecule has 1 aliphatic rings. The van der Waals surface area contributed by atoms with E-state index >= 15 is 0 Å². The number of nitrogens with one attached hydrogen (secondary N) is 1. The first kappa shape index (κ1) is 17.6. The lowest BCUT2D eigenvalue weighted by atomic mass is 10.3. The quantitative estimate of drug-likeness (QED) is 0.488. The summed E-state index contributed by atoms with van der Waals surface area (Å²) in [5.41, 5.74) is 0.851. The van der Waals surface area contributed by atoms with Gasteiger partial charge in [0.1, 0.15) is 17.5 Å². The molecule has 126 valence electrons. The van der Waals surface area contributed by atoms with Gasteiger partial charge in [0.25, 0.3) is 0 Å². The van der Waals surface area contributed by atoms with Gasteiger partial charge in [0.2, 0.25) is 5.95 Å². The van der Waals surface area contributed by atoms with Gasteiger partial charge in [-0.1, -0.05) is 5.92 Å². The highest BCUT2D eigenvalue weighted by atomic mass is 16.5. The van der Waals surface area contributed by atoms with Crippen molar-refractivity contribution >= 4 is 18.0 Å². The Morgan fingerprint density at radius 3 is 2.83 bits per heavy atom. The Morgan fingerprint density at radius 2 is 2.21 bits per heavy atom. The smallest absolute Gasteiger partial charge is 0.330 e. The van der Waals surface area contributed by atoms with E-state index < -0.39 is 5.97 Å². The second-order valence-corrected chi connectivity index (χ2v) is 5.09. The number of carbonyl (C=O) groups is 1. The number of nitrogens with zero attached hydrogens (tertiary/aromatic N) is 4. The Hall–Kier alpha value is -2.77. The van der Waals surface area contributed by atoms with Crippen LogP contribution in [0.25, 0.3) is 6.08 Å². The van der Waals surface area contributed by atoms with Crippen LogP contribution in [0, 0.1) is 23.2 Å². The number of ether oxygens (including phenoxy) is 1. The monoisotopic (exact) mass is 327 g/mol. The van der Waals surface area contributed by atoms with E-state index in [4.69, 9.17) is 4.74 Å². The minimum atomic E-state index is -0.451. The lowest BCUT2D eigenvalue weighted by Gasteiger charge is -2.28. The molecule has 7 heteroatoms. The van der Waals surface area contributed by atoms with Gasteiger partial charge in [0.15, 0.2) is 0 Å². The standard InChI is InChI=1S/C17H21N5O2/c1-3-5-10-22-15(13-18)14(6-7-16(23)24-4-2)20-17(22)21-11-8-19-9-12-21/h6-7,19H,4,8-12H2,1-2H3. The Bertz CT molecular complexity index is 712. The minimum absolute atomic E-state index is 0.306. The van der Waals surface area contributed by atoms with Crippen LogP contribution in [0.1, 0.15) is 25.2 Å². The minimum Gasteiger partial charge on any atom is -0.463 e. The Labute approximate surface area is 141 Å². The van der Waals surface area contributed by atoms with Gasteiger partial charge < -0.3 is 15.0 Å². The Balaban J connectivity index is 2.39. The first-order chi connectivity index (χ1) is 11.7. The molecule has 0 saturated carbocycles. The van der Waals surface area contributed by atoms with Crippen LogP contribution < -0.4 is 10.2 Å². The van der Waals surface area contributed by atoms with Gasteiger partial charge in [-0.15, -0.1) is 5.92 Å². The van der Waals surface area contributed by atoms with Gasteiger partial charge in [0.05, 0.1) is 13.2 Å². The number of nitriles is 1. The zero-order valence-corrected chi connectivity index (χ0v) is 14.0. The summed E-state index contributed by atoms with van der Waals surface area (Å²) in [6.07, 6.45) is 2.82. The van der Waals surface area contributed by atoms with Gasteiger partial charge in [0, 0.05) is 32.3 Å². The molecule has 2 heterocycles. The molecule has 1 saturated heterocycles. The topological polar surface area (TPSA) is 83.2 Å². The lowest BCUT2D eigenvalue weighted by Crippen LogP contribution is -2.44. The second-order valence-electron chi connectivity index (χ2n) is 5.09. The first-order valence-electron chi connectivity index (χ1n) is 7.92. The zero-order valence-electron chi connectivity index (χ0n) is 14.0. The molecule has 2 rings (SSSR count). The van der Waals surface area contributed by atoms with Crippen molar-refractivity contribution in [3.8, 4) is 17.9 Å². The van der Waals surface area contributed by atoms with Crippen LogP contribution in [0.3, 0.4) is 0 Å². The van der Waals surface area contributed by atoms with E-state index in [-0.39, 0.29) is 0 Å². The molecule has 0 aromatic carbocycles. The maximum Gasteiger partial charge on any atom is 0.330 e. The van der Waals surface area contributed by atoms with Crippen molar-refractivity contribution in [1.29, 1.82) is 5.26 Å². The van der Waals surface area contributed by atoms with Gasteiger partial charge in [-0.25, -0.2) is 9.78 Å². The van der Waals surface area contributed by atoms with Crippen molar-refractivity contribution in [2.45, 2.75) is 20.4 Å². The number of aromatic nitrogens is 2. The molecule has 7 nitrogen and oxygen atoms in total. The van der Waals surface area contributed by atoms with Crippen LogP contribution in [0.15, 0.2) is 6.08 Å². The van der Waals surface area contributed by atoms with Crippen molar-refractivity contribution in [3.05, 3.63) is 17.5 Å². The molecule has 1 aliphatic heterocycles. The van der Waals surface area contributed by atoms with E-state index in [0.29, 0.717) is 30.5 Å². The molecule has 0 bridgehead atoms. The summed E-state index contributed by atoms with van der Waals surface area (Å²) in [4.78, 5) is 18.2. The molecule has 0 amide bonds. The summed E-state index contributed by atoms with van der Waals surface area (Å²) in [5.74, 6) is 6.08. The van der Waals surface area contributed by atoms with E-state index in [1.165, 1.54) is 12.2 Å². The summed E-state index contributed by atoms with van der Waals surface area (Å²) in [5, 5.41) is 12.8. The Kier molecular flexibility index (Phi) is 6.41. The van der Waals surface area contributed by atoms with E-state index in [9.17, 15) is 10.1 Å². The zero-order chi connectivity index (χ0) is 17.4. The fourth-order valence-electron chi connectivity index (χ4n) is 2.44. The molecule has 0 atom stereocenters. The summed E-state index contributed by atoms with van der Waals surface area (Å²) < 4.78 is 6.67. The van der Waals surface area contributed by atoms with Crippen LogP contribution in [0.2, 0.25) is 0 Å². The van der Waals surface area contributed by atoms with Crippen LogP contribution >= 0.6 is 0 Å². The number of esters is 1. The molecular formula is C17H21N5O2. The fraction of sp³-hybridized carbons (Fsp3) is 0.471. The van der Waals surface area contributed by atoms with Crippen LogP contribution in [0.5, 0.6) is 0 Å². The molecule has 1 fully saturated rings. The summed E-state index contributed by atoms with van der Waals surface area (Å²) in [7, 11) is 0. The predicted molar refractivity (Wildman–Crippen MR) is 91.1 cm³/mol. The number of carbonyl (C=O) groups excluding carboxylic acids is 1. The molecule has 0 aliphatic carbocycles. The van der Waals surface area contributed by atoms with Crippen LogP contribution in [-0.2, 0) is 16.1 Å². The molecule has 24 heavy (non-hydrogen) atoms. The van der Waals surface area contributed by atoms with Gasteiger partial charge in [-0.05, 0) is 19.9 Å². The van der Waals surface area contributed by atoms with E-state index in [1.54, 1.807) is 18.4 Å². The fourth-order valence-corrected chi connectivity index (χ4v) is 2.44. The molecule has 0 unspecified atom stereocenters. The highest BCUT2D eigenvalue weighted by Crippen LogP contribution is 2.21. The number of rotatable bonds is 5. The van der Waals surface area contributed by atoms with Gasteiger partial charge in [-0.3, -0.25) is 4.57 Å². The first-order valence-corrected chi connectivity index (χ1v) is 7.92. The van der Waals surface area contributed by atoms with Crippen molar-refractivity contribution in [2.24, 2.45) is 0 Å². The number of piperazine rings is 1. The molecule has 1 N–H and O–H groups in total. The average Bonchev–Trinajstić information content (AvgIpc) is 2.96. The third kappa shape index (κ3) is 4.15. The van der Waals surface area contributed by atoms with E-state index in [0.717, 1.165) is 26.2 Å². The maximum atomic E-state index is 11.5. The Morgan fingerprint density at radius 1 is 1.46 bits per heavy atom. The normalized spacial score (nSPS) is 14.1. The predicted octanol–water partition coefficient (Wildman–Crippen LogP) is 0.764. The summed E-state index contributed by atoms with van der Waals surface area (Å²) in [6.45, 7) is 7.54. The second kappa shape index (κ2) is 8.76. The average molecular weight is 327 g/mol. The molecule has 0 radical (unpaired) electrons. The maximum absolute atomic E-state index is 11.5. The molecule has 0 spiro atoms. The number of hydrogen-bond acceptors (Lipinski definition) is 6. The van der Waals surface area contributed by atoms with Crippen molar-refractivity contribution in [2.75, 3.05) is 37.7 Å². The molecule has 1 aromatic heterocycles. The lowest BCUT2D eigenvalue weighted by molar-refractivity contribution is -0.137. The largest absolute Gasteiger partial charge is 0.463 e. The van der Waals surface area contributed by atoms with Crippen LogP contribution in [-0.4, -0.2) is 48.3 Å². The third-order valence-corrected chi connectivity index (χ3v) is 3.56. The summed E-state index contributed by atoms with van der Waals surface area (Å²) >= 11 is 0. The van der Waals surface area contributed by atoms with E-state index in [1.807, 2.05) is 0 Å². The van der Waals surface area contributed by atoms with Crippen molar-refractivity contribution in [3.63, 3.8) is 0 Å². The highest BCUT2D eigenvalue weighted by molar-refractivity contribution is 5.87. The summed E-state index contributed by atoms with van der Waals surface area (Å²) in [6, 6.07) is 2.18. The number of imidazole rings is 1. The molecular weight excluding hydrogens is 306 g/mol. The van der Waals surface area contributed by atoms with Crippen molar-refractivity contribution in [1.82, 2.24) is 14.9 Å². The highest BCUT2D eigenvalue weighted by Gasteiger charge is 2.21. The van der Waals surface area contributed by atoms with E-state index in [2.05, 4.69) is 33.1 Å². The van der Waals surface area contributed by atoms with Crippen LogP contribution in [0.4, 0.5) is 5.95 Å². The van der Waals surface area contributed by atoms with Gasteiger partial charge in [-0.2, -0.15) is 5.26 Å².